The molecule has 0 N–H and O–H groups in total. The first-order valence-electron chi connectivity index (χ1n) is 13.3. The van der Waals surface area contributed by atoms with Crippen molar-refractivity contribution in [1.82, 2.24) is 0 Å². The molecule has 0 spiro atoms. The van der Waals surface area contributed by atoms with E-state index in [9.17, 15) is 0 Å². The van der Waals surface area contributed by atoms with Gasteiger partial charge in [0.25, 0.3) is 0 Å². The smallest absolute Gasteiger partial charge is 0.0468 e. The molecule has 1 aliphatic carbocycles. The molecule has 0 saturated heterocycles. The Labute approximate surface area is 227 Å². The van der Waals surface area contributed by atoms with E-state index in [0.717, 1.165) is 6.42 Å². The van der Waals surface area contributed by atoms with E-state index in [1.165, 1.54) is 70.6 Å². The van der Waals surface area contributed by atoms with Crippen LogP contribution in [0.5, 0.6) is 0 Å². The summed E-state index contributed by atoms with van der Waals surface area (Å²) >= 11 is 2.03. The zero-order chi connectivity index (χ0) is 25.3. The minimum atomic E-state index is 0.132. The molecule has 1 heteroatoms. The van der Waals surface area contributed by atoms with Gasteiger partial charge in [0, 0.05) is 9.64 Å². The first kappa shape index (κ1) is 22.0. The first-order chi connectivity index (χ1) is 18.7. The standard InChI is InChI=1S/C37H26S/c1-37-21-7-6-18-35(37)33-17-9-16-27(36(33)38-37)26-11-8-10-24(22-26)25-19-20-32-30-14-3-2-12-28(30)29-13-4-5-15-31(29)34(32)23-25/h2-20,22-23H,21H2,1H3. The van der Waals surface area contributed by atoms with E-state index in [1.54, 1.807) is 0 Å². The predicted molar refractivity (Wildman–Crippen MR) is 166 cm³/mol. The summed E-state index contributed by atoms with van der Waals surface area (Å²) in [6.45, 7) is 2.39. The number of benzene rings is 6. The number of thioether (sulfide) groups is 1. The molecule has 180 valence electrons. The molecule has 0 saturated carbocycles. The Bertz CT molecular complexity index is 1960. The summed E-state index contributed by atoms with van der Waals surface area (Å²) in [7, 11) is 0. The highest BCUT2D eigenvalue weighted by molar-refractivity contribution is 8.01. The Kier molecular flexibility index (Phi) is 4.75. The van der Waals surface area contributed by atoms with E-state index in [4.69, 9.17) is 0 Å². The third-order valence-electron chi connectivity index (χ3n) is 8.36. The molecule has 8 rings (SSSR count). The van der Waals surface area contributed by atoms with Gasteiger partial charge in [-0.05, 0) is 91.2 Å². The van der Waals surface area contributed by atoms with Gasteiger partial charge in [-0.3, -0.25) is 0 Å². The summed E-state index contributed by atoms with van der Waals surface area (Å²) < 4.78 is 0.132. The number of fused-ring (bicyclic) bond motifs is 9. The average molecular weight is 503 g/mol. The van der Waals surface area contributed by atoms with Crippen LogP contribution in [0.25, 0.3) is 60.1 Å². The van der Waals surface area contributed by atoms with Gasteiger partial charge in [0.05, 0.1) is 0 Å². The minimum Gasteiger partial charge on any atom is -0.113 e. The van der Waals surface area contributed by atoms with E-state index < -0.39 is 0 Å². The molecule has 38 heavy (non-hydrogen) atoms. The van der Waals surface area contributed by atoms with E-state index in [-0.39, 0.29) is 4.75 Å². The summed E-state index contributed by atoms with van der Waals surface area (Å²) in [5, 5.41) is 7.90. The van der Waals surface area contributed by atoms with Gasteiger partial charge in [0.15, 0.2) is 0 Å². The fourth-order valence-corrected chi connectivity index (χ4v) is 7.98. The molecule has 1 unspecified atom stereocenters. The van der Waals surface area contributed by atoms with Crippen LogP contribution < -0.4 is 0 Å². The first-order valence-corrected chi connectivity index (χ1v) is 14.2. The van der Waals surface area contributed by atoms with Crippen LogP contribution in [-0.2, 0) is 0 Å². The SMILES string of the molecule is CC12CC=CC=C1c1cccc(-c3cccc(-c4ccc5c6ccccc6c6ccccc6c5c4)c3)c1S2. The molecular formula is C37H26S. The van der Waals surface area contributed by atoms with Gasteiger partial charge in [-0.1, -0.05) is 115 Å². The van der Waals surface area contributed by atoms with Crippen molar-refractivity contribution in [2.75, 3.05) is 0 Å². The maximum Gasteiger partial charge on any atom is 0.0468 e. The van der Waals surface area contributed by atoms with Gasteiger partial charge in [-0.25, -0.2) is 0 Å². The molecule has 0 fully saturated rings. The predicted octanol–water partition coefficient (Wildman–Crippen LogP) is 10.7. The molecule has 1 aliphatic heterocycles. The van der Waals surface area contributed by atoms with Crippen LogP contribution in [0, 0.1) is 0 Å². The highest BCUT2D eigenvalue weighted by Crippen LogP contribution is 2.58. The molecule has 1 heterocycles. The van der Waals surface area contributed by atoms with Crippen LogP contribution in [0.15, 0.2) is 132 Å². The van der Waals surface area contributed by atoms with Gasteiger partial charge in [0.2, 0.25) is 0 Å². The molecular weight excluding hydrogens is 476 g/mol. The van der Waals surface area contributed by atoms with Gasteiger partial charge in [0.1, 0.15) is 0 Å². The topological polar surface area (TPSA) is 0 Å². The van der Waals surface area contributed by atoms with Crippen molar-refractivity contribution in [3.05, 3.63) is 133 Å². The number of hydrogen-bond acceptors (Lipinski definition) is 1. The second-order valence-corrected chi connectivity index (χ2v) is 12.2. The minimum absolute atomic E-state index is 0.132. The van der Waals surface area contributed by atoms with Crippen LogP contribution in [-0.4, -0.2) is 4.75 Å². The van der Waals surface area contributed by atoms with Crippen molar-refractivity contribution in [2.24, 2.45) is 0 Å². The van der Waals surface area contributed by atoms with Gasteiger partial charge in [-0.15, -0.1) is 11.8 Å². The average Bonchev–Trinajstić information content (AvgIpc) is 3.29. The summed E-state index contributed by atoms with van der Waals surface area (Å²) in [5.74, 6) is 0. The monoisotopic (exact) mass is 502 g/mol. The lowest BCUT2D eigenvalue weighted by Gasteiger charge is -2.25. The van der Waals surface area contributed by atoms with Crippen molar-refractivity contribution in [2.45, 2.75) is 23.0 Å². The fourth-order valence-electron chi connectivity index (χ4n) is 6.48. The molecule has 0 radical (unpaired) electrons. The quantitative estimate of drug-likeness (QED) is 0.212. The molecule has 6 aromatic carbocycles. The third-order valence-corrected chi connectivity index (χ3v) is 9.84. The van der Waals surface area contributed by atoms with Crippen LogP contribution in [0.3, 0.4) is 0 Å². The summed E-state index contributed by atoms with van der Waals surface area (Å²) in [6.07, 6.45) is 7.91. The Hall–Kier alpha value is -4.07. The maximum absolute atomic E-state index is 2.39. The van der Waals surface area contributed by atoms with Gasteiger partial charge >= 0.3 is 0 Å². The lowest BCUT2D eigenvalue weighted by atomic mass is 9.86. The Morgan fingerprint density at radius 2 is 1.16 bits per heavy atom. The lowest BCUT2D eigenvalue weighted by molar-refractivity contribution is 0.829. The highest BCUT2D eigenvalue weighted by Gasteiger charge is 2.39. The normalized spacial score (nSPS) is 18.1. The van der Waals surface area contributed by atoms with Crippen LogP contribution in [0.1, 0.15) is 18.9 Å². The van der Waals surface area contributed by atoms with Crippen molar-refractivity contribution in [3.63, 3.8) is 0 Å². The molecule has 6 aromatic rings. The molecule has 0 aromatic heterocycles. The van der Waals surface area contributed by atoms with Crippen molar-refractivity contribution >= 4 is 49.7 Å². The summed E-state index contributed by atoms with van der Waals surface area (Å²) in [6, 6.07) is 40.5. The highest BCUT2D eigenvalue weighted by atomic mass is 32.2. The van der Waals surface area contributed by atoms with Crippen LogP contribution >= 0.6 is 11.8 Å². The van der Waals surface area contributed by atoms with E-state index in [0.29, 0.717) is 0 Å². The molecule has 0 amide bonds. The second kappa shape index (κ2) is 8.21. The van der Waals surface area contributed by atoms with E-state index in [2.05, 4.69) is 134 Å². The maximum atomic E-state index is 2.39. The van der Waals surface area contributed by atoms with Crippen LogP contribution in [0.2, 0.25) is 0 Å². The largest absolute Gasteiger partial charge is 0.113 e. The lowest BCUT2D eigenvalue weighted by Crippen LogP contribution is -2.18. The van der Waals surface area contributed by atoms with Crippen LogP contribution in [0.4, 0.5) is 0 Å². The molecule has 1 atom stereocenters. The molecule has 2 aliphatic rings. The number of rotatable bonds is 2. The zero-order valence-electron chi connectivity index (χ0n) is 21.2. The van der Waals surface area contributed by atoms with Gasteiger partial charge in [-0.2, -0.15) is 0 Å². The second-order valence-electron chi connectivity index (χ2n) is 10.7. The number of hydrogen-bond donors (Lipinski definition) is 0. The Morgan fingerprint density at radius 3 is 1.92 bits per heavy atom. The van der Waals surface area contributed by atoms with E-state index in [1.807, 2.05) is 11.8 Å². The Balaban J connectivity index is 1.30. The van der Waals surface area contributed by atoms with Gasteiger partial charge < -0.3 is 0 Å². The summed E-state index contributed by atoms with van der Waals surface area (Å²) in [4.78, 5) is 1.41. The van der Waals surface area contributed by atoms with E-state index >= 15 is 0 Å². The zero-order valence-corrected chi connectivity index (χ0v) is 22.1. The number of allylic oxidation sites excluding steroid dienone is 3. The Morgan fingerprint density at radius 1 is 0.553 bits per heavy atom. The van der Waals surface area contributed by atoms with Crippen molar-refractivity contribution in [3.8, 4) is 22.3 Å². The van der Waals surface area contributed by atoms with Crippen molar-refractivity contribution < 1.29 is 0 Å². The van der Waals surface area contributed by atoms with Crippen molar-refractivity contribution in [1.29, 1.82) is 0 Å². The third kappa shape index (κ3) is 3.19. The summed E-state index contributed by atoms with van der Waals surface area (Å²) in [5.41, 5.74) is 7.99. The molecule has 0 bridgehead atoms. The fraction of sp³-hybridized carbons (Fsp3) is 0.0811. The molecule has 0 nitrogen and oxygen atoms in total.